The van der Waals surface area contributed by atoms with Gasteiger partial charge in [-0.1, -0.05) is 53.2 Å². The number of aryl methyl sites for hydroxylation is 2. The third-order valence-corrected chi connectivity index (χ3v) is 5.13. The Morgan fingerprint density at radius 3 is 2.53 bits per heavy atom. The van der Waals surface area contributed by atoms with Crippen molar-refractivity contribution in [2.75, 3.05) is 6.61 Å². The average Bonchev–Trinajstić information content (AvgIpc) is 2.80. The summed E-state index contributed by atoms with van der Waals surface area (Å²) in [4.78, 5) is 24.6. The van der Waals surface area contributed by atoms with Crippen LogP contribution in [-0.2, 0) is 11.2 Å². The smallest absolute Gasteiger partial charge is 0.343 e. The molecule has 6 nitrogen and oxygen atoms in total. The van der Waals surface area contributed by atoms with E-state index >= 15 is 0 Å². The van der Waals surface area contributed by atoms with Crippen LogP contribution < -0.4 is 14.9 Å². The van der Waals surface area contributed by atoms with Crippen LogP contribution in [0, 0.1) is 6.92 Å². The molecule has 0 bridgehead atoms. The van der Waals surface area contributed by atoms with Crippen LogP contribution in [0.2, 0.25) is 0 Å². The van der Waals surface area contributed by atoms with E-state index in [0.29, 0.717) is 22.6 Å². The number of esters is 1. The fourth-order valence-corrected chi connectivity index (χ4v) is 3.23. The van der Waals surface area contributed by atoms with Gasteiger partial charge in [-0.3, -0.25) is 4.79 Å². The molecule has 1 N–H and O–H groups in total. The third kappa shape index (κ3) is 6.52. The van der Waals surface area contributed by atoms with E-state index in [9.17, 15) is 9.59 Å². The Labute approximate surface area is 195 Å². The van der Waals surface area contributed by atoms with Crippen molar-refractivity contribution in [3.63, 3.8) is 0 Å². The number of carbonyl (C=O) groups excluding carboxylic acids is 2. The van der Waals surface area contributed by atoms with Gasteiger partial charge in [-0.2, -0.15) is 5.10 Å². The van der Waals surface area contributed by atoms with Gasteiger partial charge in [0.25, 0.3) is 5.91 Å². The molecule has 3 rings (SSSR count). The summed E-state index contributed by atoms with van der Waals surface area (Å²) in [6.07, 6.45) is 2.35. The number of halogens is 1. The number of carbonyl (C=O) groups is 2. The summed E-state index contributed by atoms with van der Waals surface area (Å²) in [6.45, 7) is 3.74. The predicted octanol–water partition coefficient (Wildman–Crippen LogP) is 5.07. The fourth-order valence-electron chi connectivity index (χ4n) is 2.85. The quantitative estimate of drug-likeness (QED) is 0.205. The first-order valence-electron chi connectivity index (χ1n) is 10.1. The number of hydrogen-bond acceptors (Lipinski definition) is 5. The first-order chi connectivity index (χ1) is 15.5. The molecule has 0 saturated carbocycles. The molecule has 0 aliphatic carbocycles. The van der Waals surface area contributed by atoms with Crippen LogP contribution in [-0.4, -0.2) is 24.7 Å². The monoisotopic (exact) mass is 494 g/mol. The largest absolute Gasteiger partial charge is 0.484 e. The van der Waals surface area contributed by atoms with Crippen molar-refractivity contribution in [2.45, 2.75) is 20.3 Å². The molecule has 0 spiro atoms. The zero-order valence-corrected chi connectivity index (χ0v) is 19.4. The van der Waals surface area contributed by atoms with E-state index in [4.69, 9.17) is 9.47 Å². The zero-order valence-electron chi connectivity index (χ0n) is 17.8. The Morgan fingerprint density at radius 1 is 1.06 bits per heavy atom. The zero-order chi connectivity index (χ0) is 22.9. The van der Waals surface area contributed by atoms with Gasteiger partial charge in [-0.15, -0.1) is 0 Å². The number of amides is 1. The molecule has 1 amide bonds. The van der Waals surface area contributed by atoms with Crippen LogP contribution in [0.15, 0.2) is 76.3 Å². The number of hydrogen-bond donors (Lipinski definition) is 1. The van der Waals surface area contributed by atoms with E-state index < -0.39 is 11.9 Å². The van der Waals surface area contributed by atoms with E-state index in [1.165, 1.54) is 11.8 Å². The number of nitrogens with one attached hydrogen (secondary N) is 1. The maximum absolute atomic E-state index is 12.5. The highest BCUT2D eigenvalue weighted by atomic mass is 79.9. The summed E-state index contributed by atoms with van der Waals surface area (Å²) in [5.74, 6) is 0.0614. The molecular formula is C25H23BrN2O4. The second-order valence-electron chi connectivity index (χ2n) is 6.97. The van der Waals surface area contributed by atoms with Crippen molar-refractivity contribution in [1.29, 1.82) is 0 Å². The van der Waals surface area contributed by atoms with Gasteiger partial charge in [-0.05, 0) is 60.9 Å². The van der Waals surface area contributed by atoms with Crippen LogP contribution in [0.5, 0.6) is 11.5 Å². The minimum Gasteiger partial charge on any atom is -0.484 e. The molecule has 0 heterocycles. The summed E-state index contributed by atoms with van der Waals surface area (Å²) in [7, 11) is 0. The Kier molecular flexibility index (Phi) is 8.16. The minimum absolute atomic E-state index is 0.170. The summed E-state index contributed by atoms with van der Waals surface area (Å²) in [6, 6.07) is 19.9. The lowest BCUT2D eigenvalue weighted by molar-refractivity contribution is -0.123. The Balaban J connectivity index is 1.61. The average molecular weight is 495 g/mol. The lowest BCUT2D eigenvalue weighted by atomic mass is 10.1. The number of benzene rings is 3. The van der Waals surface area contributed by atoms with E-state index in [0.717, 1.165) is 16.5 Å². The normalized spacial score (nSPS) is 10.7. The lowest BCUT2D eigenvalue weighted by Gasteiger charge is -2.09. The molecule has 0 aliphatic heterocycles. The van der Waals surface area contributed by atoms with E-state index in [-0.39, 0.29) is 6.61 Å². The van der Waals surface area contributed by atoms with E-state index in [1.54, 1.807) is 30.3 Å². The molecule has 0 radical (unpaired) electrons. The van der Waals surface area contributed by atoms with Crippen molar-refractivity contribution >= 4 is 34.0 Å². The molecule has 3 aromatic rings. The standard InChI is InChI=1S/C25H23BrN2O4/c1-3-18-8-11-21(12-9-18)31-16-24(29)28-27-15-19-14-20(26)10-13-23(19)32-25(30)22-7-5-4-6-17(22)2/h4-15H,3,16H2,1-2H3,(H,28,29)/b27-15+. The maximum atomic E-state index is 12.5. The maximum Gasteiger partial charge on any atom is 0.343 e. The first kappa shape index (κ1) is 23.2. The van der Waals surface area contributed by atoms with Crippen LogP contribution in [0.1, 0.15) is 34.0 Å². The van der Waals surface area contributed by atoms with Crippen molar-refractivity contribution in [3.05, 3.63) is 93.5 Å². The van der Waals surface area contributed by atoms with Crippen LogP contribution in [0.25, 0.3) is 0 Å². The van der Waals surface area contributed by atoms with E-state index in [2.05, 4.69) is 33.4 Å². The van der Waals surface area contributed by atoms with Crippen molar-refractivity contribution in [3.8, 4) is 11.5 Å². The molecule has 164 valence electrons. The third-order valence-electron chi connectivity index (χ3n) is 4.63. The van der Waals surface area contributed by atoms with Crippen LogP contribution in [0.3, 0.4) is 0 Å². The van der Waals surface area contributed by atoms with Crippen molar-refractivity contribution < 1.29 is 19.1 Å². The molecule has 32 heavy (non-hydrogen) atoms. The van der Waals surface area contributed by atoms with Gasteiger partial charge in [-0.25, -0.2) is 10.2 Å². The van der Waals surface area contributed by atoms with Crippen molar-refractivity contribution in [2.24, 2.45) is 5.10 Å². The molecular weight excluding hydrogens is 472 g/mol. The second-order valence-corrected chi connectivity index (χ2v) is 7.88. The molecule has 3 aromatic carbocycles. The molecule has 0 aromatic heterocycles. The number of rotatable bonds is 8. The van der Waals surface area contributed by atoms with Crippen LogP contribution >= 0.6 is 15.9 Å². The highest BCUT2D eigenvalue weighted by molar-refractivity contribution is 9.10. The summed E-state index contributed by atoms with van der Waals surface area (Å²) >= 11 is 3.39. The molecule has 7 heteroatoms. The SMILES string of the molecule is CCc1ccc(OCC(=O)N/N=C/c2cc(Br)ccc2OC(=O)c2ccccc2C)cc1. The Morgan fingerprint density at radius 2 is 1.81 bits per heavy atom. The predicted molar refractivity (Wildman–Crippen MR) is 127 cm³/mol. The van der Waals surface area contributed by atoms with Gasteiger partial charge in [0, 0.05) is 10.0 Å². The van der Waals surface area contributed by atoms with Gasteiger partial charge < -0.3 is 9.47 Å². The lowest BCUT2D eigenvalue weighted by Crippen LogP contribution is -2.24. The molecule has 0 atom stereocenters. The fraction of sp³-hybridized carbons (Fsp3) is 0.160. The van der Waals surface area contributed by atoms with Crippen LogP contribution in [0.4, 0.5) is 0 Å². The summed E-state index contributed by atoms with van der Waals surface area (Å²) in [5, 5.41) is 3.96. The highest BCUT2D eigenvalue weighted by Crippen LogP contribution is 2.23. The summed E-state index contributed by atoms with van der Waals surface area (Å²) in [5.41, 5.74) is 5.44. The number of nitrogens with zero attached hydrogens (tertiary/aromatic N) is 1. The number of ether oxygens (including phenoxy) is 2. The van der Waals surface area contributed by atoms with Gasteiger partial charge in [0.05, 0.1) is 11.8 Å². The molecule has 0 aliphatic rings. The molecule has 0 unspecified atom stereocenters. The Bertz CT molecular complexity index is 1130. The molecule has 0 saturated heterocycles. The molecule has 0 fully saturated rings. The first-order valence-corrected chi connectivity index (χ1v) is 10.9. The van der Waals surface area contributed by atoms with E-state index in [1.807, 2.05) is 43.3 Å². The van der Waals surface area contributed by atoms with Gasteiger partial charge >= 0.3 is 5.97 Å². The van der Waals surface area contributed by atoms with Gasteiger partial charge in [0.15, 0.2) is 6.61 Å². The highest BCUT2D eigenvalue weighted by Gasteiger charge is 2.13. The van der Waals surface area contributed by atoms with Gasteiger partial charge in [0.2, 0.25) is 0 Å². The minimum atomic E-state index is -0.466. The number of hydrazone groups is 1. The Hall–Kier alpha value is -3.45. The van der Waals surface area contributed by atoms with Gasteiger partial charge in [0.1, 0.15) is 11.5 Å². The van der Waals surface area contributed by atoms with Crippen molar-refractivity contribution in [1.82, 2.24) is 5.43 Å². The summed E-state index contributed by atoms with van der Waals surface area (Å²) < 4.78 is 11.8. The second kappa shape index (κ2) is 11.2. The topological polar surface area (TPSA) is 77.0 Å².